The van der Waals surface area contributed by atoms with Gasteiger partial charge in [0.2, 0.25) is 0 Å². The molecule has 0 bridgehead atoms. The first-order valence-electron chi connectivity index (χ1n) is 9.76. The zero-order valence-corrected chi connectivity index (χ0v) is 16.2. The molecule has 1 aromatic heterocycles. The summed E-state index contributed by atoms with van der Waals surface area (Å²) in [6.07, 6.45) is 4.85. The minimum Gasteiger partial charge on any atom is -0.478 e. The van der Waals surface area contributed by atoms with E-state index in [2.05, 4.69) is 23.3 Å². The van der Waals surface area contributed by atoms with Crippen molar-refractivity contribution in [3.8, 4) is 11.3 Å². The number of rotatable bonds is 6. The molecule has 0 radical (unpaired) electrons. The zero-order valence-electron chi connectivity index (χ0n) is 16.2. The summed E-state index contributed by atoms with van der Waals surface area (Å²) in [5.41, 5.74) is 7.04. The largest absolute Gasteiger partial charge is 0.478 e. The number of anilines is 2. The molecule has 142 valence electrons. The van der Waals surface area contributed by atoms with E-state index in [0.29, 0.717) is 17.2 Å². The highest BCUT2D eigenvalue weighted by molar-refractivity contribution is 5.96. The Balaban J connectivity index is 1.70. The van der Waals surface area contributed by atoms with Crippen LogP contribution < -0.4 is 5.32 Å². The Labute approximate surface area is 165 Å². The molecule has 0 spiro atoms. The van der Waals surface area contributed by atoms with E-state index >= 15 is 0 Å². The molecule has 1 fully saturated rings. The summed E-state index contributed by atoms with van der Waals surface area (Å²) < 4.78 is 0. The average molecular weight is 372 g/mol. The third-order valence-corrected chi connectivity index (χ3v) is 5.30. The number of carbonyl (C=O) groups is 1. The van der Waals surface area contributed by atoms with Gasteiger partial charge in [-0.05, 0) is 60.9 Å². The standard InChI is InChI=1S/C24H24N2O2/c1-3-16-12-19(17-9-10-17)13-21(24(27)28)23(16)26-20-11-15(2)22(25-14-20)18-7-5-4-6-8-18/h4-8,11-14,17,26H,3,9-10H2,1-2H3,(H,27,28). The molecule has 0 saturated heterocycles. The Kier molecular flexibility index (Phi) is 4.86. The quantitative estimate of drug-likeness (QED) is 0.562. The van der Waals surface area contributed by atoms with Gasteiger partial charge in [0.15, 0.2) is 0 Å². The maximum Gasteiger partial charge on any atom is 0.337 e. The normalized spacial score (nSPS) is 13.4. The summed E-state index contributed by atoms with van der Waals surface area (Å²) >= 11 is 0. The second-order valence-corrected chi connectivity index (χ2v) is 7.42. The molecule has 0 amide bonds. The van der Waals surface area contributed by atoms with E-state index in [4.69, 9.17) is 0 Å². The van der Waals surface area contributed by atoms with Crippen molar-refractivity contribution in [3.05, 3.63) is 77.0 Å². The Morgan fingerprint density at radius 2 is 1.93 bits per heavy atom. The molecule has 4 nitrogen and oxygen atoms in total. The van der Waals surface area contributed by atoms with Gasteiger partial charge >= 0.3 is 5.97 Å². The fraction of sp³-hybridized carbons (Fsp3) is 0.250. The highest BCUT2D eigenvalue weighted by Gasteiger charge is 2.26. The molecule has 4 heteroatoms. The van der Waals surface area contributed by atoms with Crippen molar-refractivity contribution in [2.24, 2.45) is 0 Å². The Hall–Kier alpha value is -3.14. The summed E-state index contributed by atoms with van der Waals surface area (Å²) in [7, 11) is 0. The number of aromatic nitrogens is 1. The number of aromatic carboxylic acids is 1. The molecule has 0 atom stereocenters. The Morgan fingerprint density at radius 1 is 1.18 bits per heavy atom. The fourth-order valence-corrected chi connectivity index (χ4v) is 3.66. The van der Waals surface area contributed by atoms with Crippen LogP contribution in [0.4, 0.5) is 11.4 Å². The lowest BCUT2D eigenvalue weighted by Crippen LogP contribution is -2.07. The monoisotopic (exact) mass is 372 g/mol. The predicted octanol–water partition coefficient (Wildman–Crippen LogP) is 5.94. The summed E-state index contributed by atoms with van der Waals surface area (Å²) in [4.78, 5) is 16.5. The van der Waals surface area contributed by atoms with Crippen LogP contribution in [-0.2, 0) is 6.42 Å². The first-order chi connectivity index (χ1) is 13.6. The minimum atomic E-state index is -0.898. The first-order valence-corrected chi connectivity index (χ1v) is 9.76. The van der Waals surface area contributed by atoms with Crippen molar-refractivity contribution in [1.82, 2.24) is 4.98 Å². The van der Waals surface area contributed by atoms with Crippen LogP contribution in [0.25, 0.3) is 11.3 Å². The minimum absolute atomic E-state index is 0.339. The second kappa shape index (κ2) is 7.47. The summed E-state index contributed by atoms with van der Waals surface area (Å²) in [5.74, 6) is -0.378. The van der Waals surface area contributed by atoms with Crippen molar-refractivity contribution < 1.29 is 9.90 Å². The molecular formula is C24H24N2O2. The first kappa shape index (κ1) is 18.2. The van der Waals surface area contributed by atoms with Crippen LogP contribution in [0.5, 0.6) is 0 Å². The molecule has 3 aromatic rings. The van der Waals surface area contributed by atoms with Gasteiger partial charge in [-0.2, -0.15) is 0 Å². The topological polar surface area (TPSA) is 62.2 Å². The van der Waals surface area contributed by atoms with Gasteiger partial charge in [0.25, 0.3) is 0 Å². The lowest BCUT2D eigenvalue weighted by atomic mass is 9.98. The van der Waals surface area contributed by atoms with Gasteiger partial charge in [-0.1, -0.05) is 43.3 Å². The molecule has 2 N–H and O–H groups in total. The maximum atomic E-state index is 11.9. The third-order valence-electron chi connectivity index (χ3n) is 5.30. The lowest BCUT2D eigenvalue weighted by Gasteiger charge is -2.17. The van der Waals surface area contributed by atoms with Crippen molar-refractivity contribution in [3.63, 3.8) is 0 Å². The molecule has 2 aromatic carbocycles. The van der Waals surface area contributed by atoms with Gasteiger partial charge in [0.1, 0.15) is 0 Å². The van der Waals surface area contributed by atoms with Crippen molar-refractivity contribution >= 4 is 17.3 Å². The van der Waals surface area contributed by atoms with E-state index in [1.165, 1.54) is 0 Å². The number of nitrogens with one attached hydrogen (secondary N) is 1. The summed E-state index contributed by atoms with van der Waals surface area (Å²) in [5, 5.41) is 13.1. The Bertz CT molecular complexity index is 1020. The van der Waals surface area contributed by atoms with Crippen LogP contribution in [0, 0.1) is 6.92 Å². The molecule has 1 heterocycles. The van der Waals surface area contributed by atoms with Gasteiger partial charge in [-0.25, -0.2) is 4.79 Å². The fourth-order valence-electron chi connectivity index (χ4n) is 3.66. The smallest absolute Gasteiger partial charge is 0.337 e. The van der Waals surface area contributed by atoms with Gasteiger partial charge in [-0.15, -0.1) is 0 Å². The number of hydrogen-bond acceptors (Lipinski definition) is 3. The highest BCUT2D eigenvalue weighted by Crippen LogP contribution is 2.42. The number of benzene rings is 2. The van der Waals surface area contributed by atoms with Crippen molar-refractivity contribution in [2.45, 2.75) is 39.0 Å². The molecule has 0 aliphatic heterocycles. The van der Waals surface area contributed by atoms with Crippen LogP contribution in [0.1, 0.15) is 52.7 Å². The van der Waals surface area contributed by atoms with E-state index in [1.807, 2.05) is 49.4 Å². The second-order valence-electron chi connectivity index (χ2n) is 7.42. The number of carboxylic acid groups (broad SMARTS) is 1. The van der Waals surface area contributed by atoms with Crippen LogP contribution in [0.3, 0.4) is 0 Å². The molecule has 1 saturated carbocycles. The number of hydrogen-bond donors (Lipinski definition) is 2. The SMILES string of the molecule is CCc1cc(C2CC2)cc(C(=O)O)c1Nc1cnc(-c2ccccc2)c(C)c1. The van der Waals surface area contributed by atoms with E-state index in [0.717, 1.165) is 52.9 Å². The van der Waals surface area contributed by atoms with Gasteiger partial charge in [0, 0.05) is 5.56 Å². The maximum absolute atomic E-state index is 11.9. The van der Waals surface area contributed by atoms with E-state index in [1.54, 1.807) is 6.20 Å². The molecule has 1 aliphatic rings. The van der Waals surface area contributed by atoms with Crippen LogP contribution in [0.15, 0.2) is 54.7 Å². The number of carboxylic acids is 1. The van der Waals surface area contributed by atoms with E-state index in [9.17, 15) is 9.90 Å². The van der Waals surface area contributed by atoms with Crippen LogP contribution in [0.2, 0.25) is 0 Å². The molecule has 0 unspecified atom stereocenters. The predicted molar refractivity (Wildman–Crippen MR) is 112 cm³/mol. The van der Waals surface area contributed by atoms with Gasteiger partial charge < -0.3 is 10.4 Å². The number of aryl methyl sites for hydroxylation is 2. The highest BCUT2D eigenvalue weighted by atomic mass is 16.4. The van der Waals surface area contributed by atoms with E-state index in [-0.39, 0.29) is 0 Å². The summed E-state index contributed by atoms with van der Waals surface area (Å²) in [6.45, 7) is 4.08. The number of nitrogens with zero attached hydrogens (tertiary/aromatic N) is 1. The van der Waals surface area contributed by atoms with Crippen LogP contribution in [-0.4, -0.2) is 16.1 Å². The third kappa shape index (κ3) is 3.63. The van der Waals surface area contributed by atoms with Gasteiger partial charge in [-0.3, -0.25) is 4.98 Å². The van der Waals surface area contributed by atoms with E-state index < -0.39 is 5.97 Å². The summed E-state index contributed by atoms with van der Waals surface area (Å²) in [6, 6.07) is 16.1. The molecular weight excluding hydrogens is 348 g/mol. The lowest BCUT2D eigenvalue weighted by molar-refractivity contribution is 0.0698. The Morgan fingerprint density at radius 3 is 2.54 bits per heavy atom. The van der Waals surface area contributed by atoms with Gasteiger partial charge in [0.05, 0.1) is 28.8 Å². The van der Waals surface area contributed by atoms with Crippen molar-refractivity contribution in [1.29, 1.82) is 0 Å². The zero-order chi connectivity index (χ0) is 19.7. The molecule has 4 rings (SSSR count). The van der Waals surface area contributed by atoms with Crippen LogP contribution >= 0.6 is 0 Å². The van der Waals surface area contributed by atoms with Crippen molar-refractivity contribution in [2.75, 3.05) is 5.32 Å². The number of pyridine rings is 1. The molecule has 1 aliphatic carbocycles. The molecule has 28 heavy (non-hydrogen) atoms. The average Bonchev–Trinajstić information content (AvgIpc) is 3.54.